The SMILES string of the molecule is COC1CN(c2ccc(S(=O)(=O)Nc3ccc(C)cc3C)cc2[N+](=O)[O-])CCC1C. The van der Waals surface area contributed by atoms with Crippen LogP contribution >= 0.6 is 0 Å². The van der Waals surface area contributed by atoms with Gasteiger partial charge in [-0.3, -0.25) is 14.8 Å². The van der Waals surface area contributed by atoms with Crippen molar-refractivity contribution in [3.63, 3.8) is 0 Å². The van der Waals surface area contributed by atoms with Crippen molar-refractivity contribution in [2.24, 2.45) is 5.92 Å². The second kappa shape index (κ2) is 8.61. The Balaban J connectivity index is 1.93. The van der Waals surface area contributed by atoms with Gasteiger partial charge in [0.15, 0.2) is 0 Å². The molecule has 2 atom stereocenters. The number of anilines is 2. The van der Waals surface area contributed by atoms with E-state index >= 15 is 0 Å². The maximum Gasteiger partial charge on any atom is 0.293 e. The number of rotatable bonds is 6. The van der Waals surface area contributed by atoms with E-state index in [2.05, 4.69) is 11.6 Å². The minimum absolute atomic E-state index is 0.0343. The third-order valence-corrected chi connectivity index (χ3v) is 6.98. The highest BCUT2D eigenvalue weighted by molar-refractivity contribution is 7.92. The highest BCUT2D eigenvalue weighted by Crippen LogP contribution is 2.34. The van der Waals surface area contributed by atoms with Crippen LogP contribution in [0.15, 0.2) is 41.3 Å². The highest BCUT2D eigenvalue weighted by Gasteiger charge is 2.31. The fraction of sp³-hybridized carbons (Fsp3) is 0.429. The summed E-state index contributed by atoms with van der Waals surface area (Å²) >= 11 is 0. The van der Waals surface area contributed by atoms with Crippen LogP contribution in [-0.4, -0.2) is 39.6 Å². The van der Waals surface area contributed by atoms with Gasteiger partial charge in [-0.1, -0.05) is 24.6 Å². The summed E-state index contributed by atoms with van der Waals surface area (Å²) in [6.45, 7) is 6.98. The molecular weight excluding hydrogens is 406 g/mol. The molecule has 1 N–H and O–H groups in total. The maximum atomic E-state index is 12.9. The summed E-state index contributed by atoms with van der Waals surface area (Å²) in [5.41, 5.74) is 2.40. The third kappa shape index (κ3) is 4.57. The molecule has 2 aromatic carbocycles. The van der Waals surface area contributed by atoms with Crippen LogP contribution in [0.2, 0.25) is 0 Å². The molecule has 1 heterocycles. The molecule has 0 bridgehead atoms. The van der Waals surface area contributed by atoms with Crippen LogP contribution in [0, 0.1) is 29.9 Å². The zero-order chi connectivity index (χ0) is 22.1. The topological polar surface area (TPSA) is 102 Å². The Labute approximate surface area is 177 Å². The molecule has 1 aliphatic heterocycles. The highest BCUT2D eigenvalue weighted by atomic mass is 32.2. The van der Waals surface area contributed by atoms with Crippen molar-refractivity contribution >= 4 is 27.1 Å². The molecule has 0 aliphatic carbocycles. The van der Waals surface area contributed by atoms with E-state index in [1.54, 1.807) is 26.2 Å². The smallest absolute Gasteiger partial charge is 0.293 e. The first-order valence-electron chi connectivity index (χ1n) is 9.78. The van der Waals surface area contributed by atoms with E-state index in [1.165, 1.54) is 12.1 Å². The van der Waals surface area contributed by atoms with Crippen LogP contribution in [0.4, 0.5) is 17.1 Å². The third-order valence-electron chi connectivity index (χ3n) is 5.61. The summed E-state index contributed by atoms with van der Waals surface area (Å²) in [7, 11) is -2.34. The van der Waals surface area contributed by atoms with Crippen LogP contribution in [0.1, 0.15) is 24.5 Å². The van der Waals surface area contributed by atoms with Crippen LogP contribution in [-0.2, 0) is 14.8 Å². The van der Waals surface area contributed by atoms with Crippen molar-refractivity contribution in [3.8, 4) is 0 Å². The molecule has 3 rings (SSSR count). The van der Waals surface area contributed by atoms with Crippen molar-refractivity contribution < 1.29 is 18.1 Å². The standard InChI is InChI=1S/C21H27N3O5S/c1-14-5-7-18(16(3)11-14)22-30(27,28)17-6-8-19(20(12-17)24(25)26)23-10-9-15(2)21(13-23)29-4/h5-8,11-12,15,21-22H,9-10,13H2,1-4H3. The van der Waals surface area contributed by atoms with Crippen LogP contribution in [0.5, 0.6) is 0 Å². The van der Waals surface area contributed by atoms with Gasteiger partial charge in [0.05, 0.1) is 21.6 Å². The van der Waals surface area contributed by atoms with Crippen molar-refractivity contribution in [2.75, 3.05) is 29.8 Å². The van der Waals surface area contributed by atoms with Gasteiger partial charge in [-0.2, -0.15) is 0 Å². The first kappa shape index (κ1) is 22.0. The van der Waals surface area contributed by atoms with Gasteiger partial charge in [0.25, 0.3) is 15.7 Å². The fourth-order valence-electron chi connectivity index (χ4n) is 3.78. The van der Waals surface area contributed by atoms with Crippen LogP contribution < -0.4 is 9.62 Å². The Morgan fingerprint density at radius 3 is 2.57 bits per heavy atom. The van der Waals surface area contributed by atoms with Crippen molar-refractivity contribution in [1.82, 2.24) is 0 Å². The number of piperidine rings is 1. The van der Waals surface area contributed by atoms with E-state index in [-0.39, 0.29) is 16.7 Å². The van der Waals surface area contributed by atoms with E-state index in [4.69, 9.17) is 4.74 Å². The van der Waals surface area contributed by atoms with Gasteiger partial charge in [-0.05, 0) is 49.9 Å². The van der Waals surface area contributed by atoms with Gasteiger partial charge in [0, 0.05) is 26.3 Å². The predicted octanol–water partition coefficient (Wildman–Crippen LogP) is 3.87. The minimum atomic E-state index is -3.97. The molecule has 1 aliphatic rings. The first-order chi connectivity index (χ1) is 14.1. The van der Waals surface area contributed by atoms with Gasteiger partial charge in [-0.15, -0.1) is 0 Å². The number of hydrogen-bond donors (Lipinski definition) is 1. The fourth-order valence-corrected chi connectivity index (χ4v) is 4.93. The molecule has 2 aromatic rings. The second-order valence-electron chi connectivity index (χ2n) is 7.82. The molecule has 0 amide bonds. The number of nitrogens with one attached hydrogen (secondary N) is 1. The number of sulfonamides is 1. The second-order valence-corrected chi connectivity index (χ2v) is 9.50. The Bertz CT molecular complexity index is 1050. The molecule has 162 valence electrons. The number of hydrogen-bond acceptors (Lipinski definition) is 6. The molecule has 0 aromatic heterocycles. The quantitative estimate of drug-likeness (QED) is 0.548. The molecule has 30 heavy (non-hydrogen) atoms. The van der Waals surface area contributed by atoms with Gasteiger partial charge >= 0.3 is 0 Å². The van der Waals surface area contributed by atoms with Gasteiger partial charge < -0.3 is 9.64 Å². The van der Waals surface area contributed by atoms with Crippen LogP contribution in [0.3, 0.4) is 0 Å². The molecular formula is C21H27N3O5S. The van der Waals surface area contributed by atoms with Crippen molar-refractivity contribution in [3.05, 3.63) is 57.6 Å². The van der Waals surface area contributed by atoms with E-state index in [1.807, 2.05) is 17.9 Å². The number of aryl methyl sites for hydroxylation is 2. The monoisotopic (exact) mass is 433 g/mol. The summed E-state index contributed by atoms with van der Waals surface area (Å²) < 4.78 is 33.8. The average Bonchev–Trinajstić information content (AvgIpc) is 2.70. The van der Waals surface area contributed by atoms with Crippen LogP contribution in [0.25, 0.3) is 0 Å². The predicted molar refractivity (Wildman–Crippen MR) is 117 cm³/mol. The summed E-state index contributed by atoms with van der Waals surface area (Å²) in [6, 6.07) is 9.41. The Morgan fingerprint density at radius 1 is 1.20 bits per heavy atom. The molecule has 0 saturated carbocycles. The number of methoxy groups -OCH3 is 1. The molecule has 1 saturated heterocycles. The lowest BCUT2D eigenvalue weighted by atomic mass is 9.95. The lowest BCUT2D eigenvalue weighted by Gasteiger charge is -2.37. The first-order valence-corrected chi connectivity index (χ1v) is 11.3. The number of nitrogens with zero attached hydrogens (tertiary/aromatic N) is 2. The Hall–Kier alpha value is -2.65. The van der Waals surface area contributed by atoms with E-state index in [9.17, 15) is 18.5 Å². The van der Waals surface area contributed by atoms with Gasteiger partial charge in [0.1, 0.15) is 5.69 Å². The Morgan fingerprint density at radius 2 is 1.93 bits per heavy atom. The number of benzene rings is 2. The lowest BCUT2D eigenvalue weighted by Crippen LogP contribution is -2.44. The van der Waals surface area contributed by atoms with Gasteiger partial charge in [-0.25, -0.2) is 8.42 Å². The van der Waals surface area contributed by atoms with E-state index in [0.29, 0.717) is 30.4 Å². The number of nitro groups is 1. The zero-order valence-corrected chi connectivity index (χ0v) is 18.4. The van der Waals surface area contributed by atoms with Crippen molar-refractivity contribution in [1.29, 1.82) is 0 Å². The molecule has 8 nitrogen and oxygen atoms in total. The lowest BCUT2D eigenvalue weighted by molar-refractivity contribution is -0.384. The molecule has 0 radical (unpaired) electrons. The zero-order valence-electron chi connectivity index (χ0n) is 17.6. The summed E-state index contributed by atoms with van der Waals surface area (Å²) in [5.74, 6) is 0.354. The maximum absolute atomic E-state index is 12.9. The largest absolute Gasteiger partial charge is 0.379 e. The Kier molecular flexibility index (Phi) is 6.33. The summed E-state index contributed by atoms with van der Waals surface area (Å²) in [4.78, 5) is 12.9. The summed E-state index contributed by atoms with van der Waals surface area (Å²) in [6.07, 6.45) is 0.803. The molecule has 1 fully saturated rings. The molecule has 9 heteroatoms. The molecule has 0 spiro atoms. The minimum Gasteiger partial charge on any atom is -0.379 e. The molecule has 2 unspecified atom stereocenters. The van der Waals surface area contributed by atoms with Crippen molar-refractivity contribution in [2.45, 2.75) is 38.2 Å². The van der Waals surface area contributed by atoms with Gasteiger partial charge in [0.2, 0.25) is 0 Å². The number of ether oxygens (including phenoxy) is 1. The van der Waals surface area contributed by atoms with E-state index < -0.39 is 14.9 Å². The normalized spacial score (nSPS) is 19.5. The number of nitro benzene ring substituents is 1. The van der Waals surface area contributed by atoms with E-state index in [0.717, 1.165) is 23.6 Å². The summed E-state index contributed by atoms with van der Waals surface area (Å²) in [5, 5.41) is 11.7. The average molecular weight is 434 g/mol.